The lowest BCUT2D eigenvalue weighted by Gasteiger charge is -2.33. The number of unbranched alkanes of at least 4 members (excludes halogenated alkanes) is 1. The second-order valence-electron chi connectivity index (χ2n) is 9.07. The number of sulfonamides is 1. The fourth-order valence-electron chi connectivity index (χ4n) is 3.89. The van der Waals surface area contributed by atoms with Crippen molar-refractivity contribution in [1.82, 2.24) is 10.2 Å². The van der Waals surface area contributed by atoms with Crippen LogP contribution in [0.3, 0.4) is 0 Å². The van der Waals surface area contributed by atoms with Crippen LogP contribution in [0.4, 0.5) is 11.4 Å². The molecule has 0 spiro atoms. The van der Waals surface area contributed by atoms with Gasteiger partial charge in [0.1, 0.15) is 12.6 Å². The number of rotatable bonds is 13. The number of amides is 2. The van der Waals surface area contributed by atoms with Gasteiger partial charge in [0.15, 0.2) is 0 Å². The van der Waals surface area contributed by atoms with Crippen molar-refractivity contribution < 1.29 is 22.9 Å². The first-order valence-corrected chi connectivity index (χ1v) is 14.1. The number of nitro benzene ring substituents is 1. The van der Waals surface area contributed by atoms with Crippen molar-refractivity contribution in [3.05, 3.63) is 69.3 Å². The molecular weight excluding hydrogens is 496 g/mol. The van der Waals surface area contributed by atoms with Crippen molar-refractivity contribution >= 4 is 33.2 Å². The third kappa shape index (κ3) is 8.28. The van der Waals surface area contributed by atoms with Crippen LogP contribution in [0.15, 0.2) is 42.5 Å². The lowest BCUT2D eigenvalue weighted by Crippen LogP contribution is -2.52. The molecule has 1 atom stereocenters. The van der Waals surface area contributed by atoms with E-state index in [1.807, 2.05) is 38.1 Å². The van der Waals surface area contributed by atoms with E-state index in [0.29, 0.717) is 18.5 Å². The molecule has 2 aromatic rings. The maximum absolute atomic E-state index is 13.7. The molecule has 11 heteroatoms. The average Bonchev–Trinajstić information content (AvgIpc) is 2.83. The van der Waals surface area contributed by atoms with Crippen LogP contribution in [-0.2, 0) is 26.2 Å². The number of nitrogens with zero attached hydrogens (tertiary/aromatic N) is 3. The van der Waals surface area contributed by atoms with Gasteiger partial charge >= 0.3 is 0 Å². The van der Waals surface area contributed by atoms with Gasteiger partial charge in [-0.3, -0.25) is 24.0 Å². The van der Waals surface area contributed by atoms with E-state index >= 15 is 0 Å². The highest BCUT2D eigenvalue weighted by Crippen LogP contribution is 2.28. The zero-order chi connectivity index (χ0) is 27.8. The number of anilines is 1. The first kappa shape index (κ1) is 29.8. The molecule has 202 valence electrons. The Bertz CT molecular complexity index is 1210. The van der Waals surface area contributed by atoms with Crippen LogP contribution in [-0.4, -0.2) is 55.4 Å². The molecule has 0 aromatic heterocycles. The summed E-state index contributed by atoms with van der Waals surface area (Å²) >= 11 is 0. The summed E-state index contributed by atoms with van der Waals surface area (Å²) < 4.78 is 26.4. The van der Waals surface area contributed by atoms with Crippen LogP contribution < -0.4 is 9.62 Å². The summed E-state index contributed by atoms with van der Waals surface area (Å²) in [6, 6.07) is 10.5. The summed E-state index contributed by atoms with van der Waals surface area (Å²) in [6.45, 7) is 7.32. The molecule has 0 aliphatic heterocycles. The molecule has 1 N–H and O–H groups in total. The highest BCUT2D eigenvalue weighted by atomic mass is 32.2. The number of hydrogen-bond acceptors (Lipinski definition) is 6. The minimum atomic E-state index is -4.00. The third-order valence-electron chi connectivity index (χ3n) is 6.04. The topological polar surface area (TPSA) is 130 Å². The molecule has 0 aliphatic rings. The Morgan fingerprint density at radius 1 is 1.08 bits per heavy atom. The Morgan fingerprint density at radius 2 is 1.73 bits per heavy atom. The second kappa shape index (κ2) is 13.2. The van der Waals surface area contributed by atoms with Crippen molar-refractivity contribution in [3.63, 3.8) is 0 Å². The smallest absolute Gasteiger partial charge is 0.271 e. The number of carbonyl (C=O) groups is 2. The lowest BCUT2D eigenvalue weighted by atomic mass is 10.1. The highest BCUT2D eigenvalue weighted by Gasteiger charge is 2.32. The Morgan fingerprint density at radius 3 is 2.27 bits per heavy atom. The summed E-state index contributed by atoms with van der Waals surface area (Å²) in [5.74, 6) is -0.900. The van der Waals surface area contributed by atoms with E-state index in [0.717, 1.165) is 40.6 Å². The van der Waals surface area contributed by atoms with Gasteiger partial charge in [0.2, 0.25) is 21.8 Å². The molecule has 2 amide bonds. The van der Waals surface area contributed by atoms with E-state index in [4.69, 9.17) is 0 Å². The van der Waals surface area contributed by atoms with Crippen molar-refractivity contribution in [2.75, 3.05) is 23.7 Å². The molecule has 0 aliphatic carbocycles. The van der Waals surface area contributed by atoms with E-state index in [1.165, 1.54) is 17.0 Å². The monoisotopic (exact) mass is 532 g/mol. The highest BCUT2D eigenvalue weighted by molar-refractivity contribution is 7.92. The predicted molar refractivity (Wildman–Crippen MR) is 144 cm³/mol. The molecule has 0 fully saturated rings. The summed E-state index contributed by atoms with van der Waals surface area (Å²) in [4.78, 5) is 38.9. The molecule has 1 unspecified atom stereocenters. The van der Waals surface area contributed by atoms with E-state index in [-0.39, 0.29) is 23.8 Å². The molecule has 37 heavy (non-hydrogen) atoms. The number of carbonyl (C=O) groups excluding carboxylic acids is 2. The number of non-ortho nitro benzene ring substituents is 1. The normalized spacial score (nSPS) is 12.0. The van der Waals surface area contributed by atoms with Crippen molar-refractivity contribution in [3.8, 4) is 0 Å². The molecule has 2 aromatic carbocycles. The van der Waals surface area contributed by atoms with Crippen molar-refractivity contribution in [2.24, 2.45) is 0 Å². The van der Waals surface area contributed by atoms with E-state index in [1.54, 1.807) is 13.8 Å². The van der Waals surface area contributed by atoms with Gasteiger partial charge in [0, 0.05) is 25.2 Å². The SMILES string of the molecule is CCCCNC(=O)C(CC)N(Cc1ccc(C)cc1)C(=O)CN(c1cc([N+](=O)[O-])ccc1C)S(C)(=O)=O. The Hall–Kier alpha value is -3.47. The molecule has 0 saturated carbocycles. The fraction of sp³-hybridized carbons (Fsp3) is 0.462. The first-order valence-electron chi connectivity index (χ1n) is 12.2. The summed E-state index contributed by atoms with van der Waals surface area (Å²) in [7, 11) is -4.00. The number of hydrogen-bond donors (Lipinski definition) is 1. The number of nitro groups is 1. The number of nitrogens with one attached hydrogen (secondary N) is 1. The second-order valence-corrected chi connectivity index (χ2v) is 11.0. The lowest BCUT2D eigenvalue weighted by molar-refractivity contribution is -0.384. The maximum atomic E-state index is 13.7. The van der Waals surface area contributed by atoms with Gasteiger partial charge < -0.3 is 10.2 Å². The van der Waals surface area contributed by atoms with Crippen molar-refractivity contribution in [1.29, 1.82) is 0 Å². The Labute approximate surface area is 218 Å². The van der Waals surface area contributed by atoms with Crippen LogP contribution in [0, 0.1) is 24.0 Å². The quantitative estimate of drug-likeness (QED) is 0.238. The van der Waals surface area contributed by atoms with E-state index < -0.39 is 33.4 Å². The van der Waals surface area contributed by atoms with Gasteiger partial charge in [-0.25, -0.2) is 8.42 Å². The molecular formula is C26H36N4O6S. The third-order valence-corrected chi connectivity index (χ3v) is 7.17. The average molecular weight is 533 g/mol. The van der Waals surface area contributed by atoms with Gasteiger partial charge in [-0.2, -0.15) is 0 Å². The molecule has 0 heterocycles. The molecule has 0 radical (unpaired) electrons. The van der Waals surface area contributed by atoms with Crippen LogP contribution in [0.2, 0.25) is 0 Å². The number of benzene rings is 2. The van der Waals surface area contributed by atoms with Crippen molar-refractivity contribution in [2.45, 2.75) is 59.5 Å². The summed E-state index contributed by atoms with van der Waals surface area (Å²) in [6.07, 6.45) is 2.96. The summed E-state index contributed by atoms with van der Waals surface area (Å²) in [5, 5.41) is 14.2. The van der Waals surface area contributed by atoms with Gasteiger partial charge in [-0.1, -0.05) is 56.2 Å². The van der Waals surface area contributed by atoms with Crippen LogP contribution in [0.5, 0.6) is 0 Å². The molecule has 10 nitrogen and oxygen atoms in total. The largest absolute Gasteiger partial charge is 0.354 e. The molecule has 2 rings (SSSR count). The maximum Gasteiger partial charge on any atom is 0.271 e. The minimum absolute atomic E-state index is 0.0424. The molecule has 0 bridgehead atoms. The van der Waals surface area contributed by atoms with Crippen LogP contribution in [0.25, 0.3) is 0 Å². The number of aryl methyl sites for hydroxylation is 2. The predicted octanol–water partition coefficient (Wildman–Crippen LogP) is 3.70. The molecule has 0 saturated heterocycles. The first-order chi connectivity index (χ1) is 17.4. The van der Waals surface area contributed by atoms with Crippen LogP contribution >= 0.6 is 0 Å². The Kier molecular flexibility index (Phi) is 10.6. The zero-order valence-corrected chi connectivity index (χ0v) is 22.9. The van der Waals surface area contributed by atoms with E-state index in [2.05, 4.69) is 5.32 Å². The zero-order valence-electron chi connectivity index (χ0n) is 22.1. The van der Waals surface area contributed by atoms with Gasteiger partial charge in [0.25, 0.3) is 5.69 Å². The standard InChI is InChI=1S/C26H36N4O6S/c1-6-8-15-27-26(32)23(7-2)28(17-21-12-9-19(3)10-13-21)25(31)18-29(37(5,35)36)24-16-22(30(33)34)14-11-20(24)4/h9-14,16,23H,6-8,15,17-18H2,1-5H3,(H,27,32). The van der Waals surface area contributed by atoms with Gasteiger partial charge in [-0.05, 0) is 37.8 Å². The Balaban J connectivity index is 2.48. The van der Waals surface area contributed by atoms with Gasteiger partial charge in [0.05, 0.1) is 16.9 Å². The van der Waals surface area contributed by atoms with Crippen LogP contribution in [0.1, 0.15) is 49.8 Å². The van der Waals surface area contributed by atoms with E-state index in [9.17, 15) is 28.1 Å². The minimum Gasteiger partial charge on any atom is -0.354 e. The fourth-order valence-corrected chi connectivity index (χ4v) is 4.79. The van der Waals surface area contributed by atoms with Gasteiger partial charge in [-0.15, -0.1) is 0 Å². The summed E-state index contributed by atoms with van der Waals surface area (Å²) in [5.41, 5.74) is 2.03.